The van der Waals surface area contributed by atoms with Gasteiger partial charge < -0.3 is 15.6 Å². The Labute approximate surface area is 183 Å². The molecule has 2 aromatic carbocycles. The number of nitrogens with one attached hydrogen (secondary N) is 3. The Hall–Kier alpha value is -3.43. The molecule has 0 bridgehead atoms. The van der Waals surface area contributed by atoms with E-state index in [2.05, 4.69) is 70.8 Å². The highest BCUT2D eigenvalue weighted by Gasteiger charge is 2.22. The Morgan fingerprint density at radius 2 is 1.94 bits per heavy atom. The van der Waals surface area contributed by atoms with Crippen molar-refractivity contribution in [3.05, 3.63) is 77.9 Å². The summed E-state index contributed by atoms with van der Waals surface area (Å²) in [5.41, 5.74) is 5.43. The van der Waals surface area contributed by atoms with Gasteiger partial charge in [0.25, 0.3) is 0 Å². The molecule has 1 heterocycles. The van der Waals surface area contributed by atoms with E-state index in [1.165, 1.54) is 5.56 Å². The average molecular weight is 416 g/mol. The van der Waals surface area contributed by atoms with Crippen LogP contribution < -0.4 is 10.6 Å². The number of H-pyrrole nitrogens is 1. The zero-order chi connectivity index (χ0) is 22.1. The second-order valence-corrected chi connectivity index (χ2v) is 8.06. The van der Waals surface area contributed by atoms with Crippen LogP contribution in [0.5, 0.6) is 0 Å². The SMILES string of the molecule is CC(C)C[C@@H](C(=O)NCC#N)c1cccc(-c2ccc(CNCc3cnc[nH]3)cc2)c1. The summed E-state index contributed by atoms with van der Waals surface area (Å²) < 4.78 is 0. The normalized spacial score (nSPS) is 11.8. The van der Waals surface area contributed by atoms with Crippen molar-refractivity contribution >= 4 is 5.91 Å². The average Bonchev–Trinajstić information content (AvgIpc) is 3.30. The molecule has 0 saturated carbocycles. The summed E-state index contributed by atoms with van der Waals surface area (Å²) in [4.78, 5) is 19.7. The van der Waals surface area contributed by atoms with Crippen molar-refractivity contribution in [3.63, 3.8) is 0 Å². The van der Waals surface area contributed by atoms with Gasteiger partial charge in [0.2, 0.25) is 5.91 Å². The molecule has 0 fully saturated rings. The molecule has 6 heteroatoms. The summed E-state index contributed by atoms with van der Waals surface area (Å²) in [6.45, 7) is 5.76. The molecule has 0 radical (unpaired) electrons. The summed E-state index contributed by atoms with van der Waals surface area (Å²) in [7, 11) is 0. The second-order valence-electron chi connectivity index (χ2n) is 8.06. The summed E-state index contributed by atoms with van der Waals surface area (Å²) >= 11 is 0. The van der Waals surface area contributed by atoms with Crippen LogP contribution in [0.1, 0.15) is 43.0 Å². The first-order chi connectivity index (χ1) is 15.1. The van der Waals surface area contributed by atoms with Gasteiger partial charge in [0.1, 0.15) is 6.54 Å². The lowest BCUT2D eigenvalue weighted by Crippen LogP contribution is -2.30. The minimum absolute atomic E-state index is 0.0307. The first-order valence-corrected chi connectivity index (χ1v) is 10.6. The fourth-order valence-corrected chi connectivity index (χ4v) is 3.59. The highest BCUT2D eigenvalue weighted by atomic mass is 16.1. The lowest BCUT2D eigenvalue weighted by molar-refractivity contribution is -0.122. The summed E-state index contributed by atoms with van der Waals surface area (Å²) in [5, 5.41) is 14.9. The lowest BCUT2D eigenvalue weighted by atomic mass is 9.88. The van der Waals surface area contributed by atoms with Gasteiger partial charge in [0.15, 0.2) is 0 Å². The number of nitrogens with zero attached hydrogens (tertiary/aromatic N) is 2. The van der Waals surface area contributed by atoms with Gasteiger partial charge >= 0.3 is 0 Å². The predicted octanol–water partition coefficient (Wildman–Crippen LogP) is 4.14. The molecular weight excluding hydrogens is 386 g/mol. The van der Waals surface area contributed by atoms with Crippen LogP contribution in [0.25, 0.3) is 11.1 Å². The Balaban J connectivity index is 1.70. The Morgan fingerprint density at radius 3 is 2.61 bits per heavy atom. The molecule has 1 atom stereocenters. The fourth-order valence-electron chi connectivity index (χ4n) is 3.59. The third kappa shape index (κ3) is 6.53. The van der Waals surface area contributed by atoms with E-state index >= 15 is 0 Å². The minimum atomic E-state index is -0.265. The molecule has 1 aromatic heterocycles. The lowest BCUT2D eigenvalue weighted by Gasteiger charge is -2.19. The van der Waals surface area contributed by atoms with Crippen molar-refractivity contribution in [2.24, 2.45) is 5.92 Å². The molecule has 6 nitrogen and oxygen atoms in total. The monoisotopic (exact) mass is 415 g/mol. The van der Waals surface area contributed by atoms with Gasteiger partial charge in [-0.1, -0.05) is 62.4 Å². The molecule has 0 saturated heterocycles. The minimum Gasteiger partial charge on any atom is -0.347 e. The molecule has 3 rings (SSSR count). The number of hydrogen-bond donors (Lipinski definition) is 3. The summed E-state index contributed by atoms with van der Waals surface area (Å²) in [6, 6.07) is 18.6. The van der Waals surface area contributed by atoms with Gasteiger partial charge in [-0.3, -0.25) is 4.79 Å². The third-order valence-electron chi connectivity index (χ3n) is 5.14. The van der Waals surface area contributed by atoms with Crippen LogP contribution in [0, 0.1) is 17.2 Å². The maximum absolute atomic E-state index is 12.6. The van der Waals surface area contributed by atoms with Crippen molar-refractivity contribution in [3.8, 4) is 17.2 Å². The molecule has 160 valence electrons. The first-order valence-electron chi connectivity index (χ1n) is 10.6. The van der Waals surface area contributed by atoms with E-state index in [0.717, 1.165) is 41.9 Å². The van der Waals surface area contributed by atoms with Gasteiger partial charge in [0.05, 0.1) is 18.3 Å². The number of hydrogen-bond acceptors (Lipinski definition) is 4. The standard InChI is InChI=1S/C25H29N5O/c1-18(2)12-24(25(31)29-11-10-26)22-5-3-4-21(13-22)20-8-6-19(7-9-20)14-27-15-23-16-28-17-30-23/h3-9,13,16-18,24,27H,11-12,14-15H2,1-2H3,(H,28,30)(H,29,31)/t24-/m1/s1. The number of aromatic nitrogens is 2. The topological polar surface area (TPSA) is 93.6 Å². The molecule has 0 aliphatic carbocycles. The second kappa shape index (κ2) is 11.1. The van der Waals surface area contributed by atoms with E-state index in [9.17, 15) is 4.79 Å². The fraction of sp³-hybridized carbons (Fsp3) is 0.320. The molecule has 31 heavy (non-hydrogen) atoms. The number of rotatable bonds is 10. The molecule has 0 spiro atoms. The molecule has 3 aromatic rings. The largest absolute Gasteiger partial charge is 0.347 e. The van der Waals surface area contributed by atoms with E-state index in [4.69, 9.17) is 5.26 Å². The van der Waals surface area contributed by atoms with Crippen LogP contribution >= 0.6 is 0 Å². The third-order valence-corrected chi connectivity index (χ3v) is 5.14. The predicted molar refractivity (Wildman–Crippen MR) is 122 cm³/mol. The number of amides is 1. The molecule has 0 aliphatic rings. The number of nitriles is 1. The number of imidazole rings is 1. The van der Waals surface area contributed by atoms with Crippen molar-refractivity contribution in [1.29, 1.82) is 5.26 Å². The maximum Gasteiger partial charge on any atom is 0.228 e. The number of carbonyl (C=O) groups is 1. The Morgan fingerprint density at radius 1 is 1.13 bits per heavy atom. The van der Waals surface area contributed by atoms with Gasteiger partial charge in [-0.2, -0.15) is 5.26 Å². The van der Waals surface area contributed by atoms with Crippen LogP contribution in [0.15, 0.2) is 61.1 Å². The van der Waals surface area contributed by atoms with E-state index < -0.39 is 0 Å². The van der Waals surface area contributed by atoms with Crippen LogP contribution in [0.3, 0.4) is 0 Å². The molecule has 0 unspecified atom stereocenters. The zero-order valence-electron chi connectivity index (χ0n) is 18.1. The van der Waals surface area contributed by atoms with Crippen LogP contribution in [0.2, 0.25) is 0 Å². The van der Waals surface area contributed by atoms with E-state index in [-0.39, 0.29) is 18.4 Å². The van der Waals surface area contributed by atoms with Gasteiger partial charge in [-0.15, -0.1) is 0 Å². The van der Waals surface area contributed by atoms with Crippen LogP contribution in [-0.2, 0) is 17.9 Å². The number of benzene rings is 2. The highest BCUT2D eigenvalue weighted by molar-refractivity contribution is 5.84. The summed E-state index contributed by atoms with van der Waals surface area (Å²) in [5.74, 6) is 0.0142. The van der Waals surface area contributed by atoms with Gasteiger partial charge in [-0.25, -0.2) is 4.98 Å². The van der Waals surface area contributed by atoms with Crippen molar-refractivity contribution in [2.45, 2.75) is 39.3 Å². The summed E-state index contributed by atoms with van der Waals surface area (Å²) in [6.07, 6.45) is 4.23. The van der Waals surface area contributed by atoms with E-state index in [0.29, 0.717) is 5.92 Å². The first kappa shape index (κ1) is 22.3. The zero-order valence-corrected chi connectivity index (χ0v) is 18.1. The van der Waals surface area contributed by atoms with Gasteiger partial charge in [0, 0.05) is 25.0 Å². The smallest absolute Gasteiger partial charge is 0.228 e. The molecule has 1 amide bonds. The quantitative estimate of drug-likeness (QED) is 0.434. The van der Waals surface area contributed by atoms with Crippen LogP contribution in [-0.4, -0.2) is 22.4 Å². The van der Waals surface area contributed by atoms with Crippen molar-refractivity contribution < 1.29 is 4.79 Å². The Kier molecular flexibility index (Phi) is 7.97. The van der Waals surface area contributed by atoms with Crippen molar-refractivity contribution in [2.75, 3.05) is 6.54 Å². The van der Waals surface area contributed by atoms with Crippen LogP contribution in [0.4, 0.5) is 0 Å². The number of aromatic amines is 1. The molecule has 0 aliphatic heterocycles. The van der Waals surface area contributed by atoms with Gasteiger partial charge in [-0.05, 0) is 34.6 Å². The number of carbonyl (C=O) groups excluding carboxylic acids is 1. The van der Waals surface area contributed by atoms with E-state index in [1.54, 1.807) is 6.33 Å². The molecule has 3 N–H and O–H groups in total. The van der Waals surface area contributed by atoms with E-state index in [1.807, 2.05) is 24.4 Å². The van der Waals surface area contributed by atoms with Crippen molar-refractivity contribution in [1.82, 2.24) is 20.6 Å². The molecular formula is C25H29N5O. The Bertz CT molecular complexity index is 1000. The maximum atomic E-state index is 12.6. The highest BCUT2D eigenvalue weighted by Crippen LogP contribution is 2.28.